The summed E-state index contributed by atoms with van der Waals surface area (Å²) >= 11 is 0. The lowest BCUT2D eigenvalue weighted by molar-refractivity contribution is 0.386. The van der Waals surface area contributed by atoms with Crippen LogP contribution in [-0.4, -0.2) is 12.1 Å². The highest BCUT2D eigenvalue weighted by Gasteiger charge is 2.10. The number of hydrogen-bond acceptors (Lipinski definition) is 3. The first-order chi connectivity index (χ1) is 8.70. The molecule has 0 radical (unpaired) electrons. The van der Waals surface area contributed by atoms with Crippen molar-refractivity contribution in [2.24, 2.45) is 5.73 Å². The lowest BCUT2D eigenvalue weighted by Crippen LogP contribution is -2.13. The molecule has 4 heteroatoms. The fourth-order valence-corrected chi connectivity index (χ4v) is 1.80. The van der Waals surface area contributed by atoms with Gasteiger partial charge in [0.15, 0.2) is 11.6 Å². The van der Waals surface area contributed by atoms with Gasteiger partial charge in [-0.1, -0.05) is 6.07 Å². The van der Waals surface area contributed by atoms with Gasteiger partial charge in [-0.2, -0.15) is 0 Å². The van der Waals surface area contributed by atoms with E-state index in [1.165, 1.54) is 13.2 Å². The fourth-order valence-electron chi connectivity index (χ4n) is 1.80. The molecule has 0 aliphatic carbocycles. The van der Waals surface area contributed by atoms with Crippen LogP contribution >= 0.6 is 0 Å². The second kappa shape index (κ2) is 5.60. The zero-order valence-electron chi connectivity index (χ0n) is 10.1. The highest BCUT2D eigenvalue weighted by Crippen LogP contribution is 2.22. The Hall–Kier alpha value is -1.94. The van der Waals surface area contributed by atoms with Gasteiger partial charge in [-0.15, -0.1) is 0 Å². The van der Waals surface area contributed by atoms with Crippen molar-refractivity contribution in [2.75, 3.05) is 7.11 Å². The molecule has 0 aliphatic rings. The fraction of sp³-hybridized carbons (Fsp3) is 0.214. The van der Waals surface area contributed by atoms with Gasteiger partial charge in [0.1, 0.15) is 0 Å². The number of aromatic nitrogens is 1. The molecule has 0 aliphatic heterocycles. The van der Waals surface area contributed by atoms with Crippen LogP contribution in [0.4, 0.5) is 4.39 Å². The Morgan fingerprint density at radius 1 is 1.28 bits per heavy atom. The van der Waals surface area contributed by atoms with E-state index in [4.69, 9.17) is 10.5 Å². The van der Waals surface area contributed by atoms with Gasteiger partial charge < -0.3 is 10.5 Å². The molecule has 0 spiro atoms. The Bertz CT molecular complexity index is 516. The second-order valence-electron chi connectivity index (χ2n) is 4.06. The predicted octanol–water partition coefficient (Wildman–Crippen LogP) is 2.47. The van der Waals surface area contributed by atoms with Crippen molar-refractivity contribution in [3.63, 3.8) is 0 Å². The quantitative estimate of drug-likeness (QED) is 0.901. The average Bonchev–Trinajstić information content (AvgIpc) is 2.39. The summed E-state index contributed by atoms with van der Waals surface area (Å²) in [6.07, 6.45) is 4.08. The predicted molar refractivity (Wildman–Crippen MR) is 67.8 cm³/mol. The van der Waals surface area contributed by atoms with Crippen LogP contribution in [0.2, 0.25) is 0 Å². The van der Waals surface area contributed by atoms with E-state index in [0.29, 0.717) is 6.42 Å². The van der Waals surface area contributed by atoms with E-state index in [2.05, 4.69) is 4.98 Å². The zero-order valence-corrected chi connectivity index (χ0v) is 10.1. The van der Waals surface area contributed by atoms with Crippen LogP contribution < -0.4 is 10.5 Å². The molecule has 2 N–H and O–H groups in total. The smallest absolute Gasteiger partial charge is 0.165 e. The number of nitrogens with two attached hydrogens (primary N) is 1. The Kier molecular flexibility index (Phi) is 3.89. The summed E-state index contributed by atoms with van der Waals surface area (Å²) in [5, 5.41) is 0. The third kappa shape index (κ3) is 2.84. The van der Waals surface area contributed by atoms with Gasteiger partial charge in [-0.05, 0) is 41.8 Å². The summed E-state index contributed by atoms with van der Waals surface area (Å²) in [5.41, 5.74) is 7.89. The third-order valence-electron chi connectivity index (χ3n) is 2.81. The highest BCUT2D eigenvalue weighted by atomic mass is 19.1. The van der Waals surface area contributed by atoms with Gasteiger partial charge in [0.05, 0.1) is 7.11 Å². The second-order valence-corrected chi connectivity index (χ2v) is 4.06. The number of hydrogen-bond donors (Lipinski definition) is 1. The van der Waals surface area contributed by atoms with Crippen LogP contribution in [0, 0.1) is 5.82 Å². The minimum absolute atomic E-state index is 0.231. The number of rotatable bonds is 4. The van der Waals surface area contributed by atoms with Crippen molar-refractivity contribution >= 4 is 0 Å². The van der Waals surface area contributed by atoms with Gasteiger partial charge in [-0.25, -0.2) is 4.39 Å². The SMILES string of the molecule is COc1ccc(C(N)Cc2ccncc2)cc1F. The summed E-state index contributed by atoms with van der Waals surface area (Å²) in [7, 11) is 1.44. The number of halogens is 1. The molecule has 1 aromatic carbocycles. The van der Waals surface area contributed by atoms with Crippen LogP contribution in [0.5, 0.6) is 5.75 Å². The van der Waals surface area contributed by atoms with Crippen molar-refractivity contribution < 1.29 is 9.13 Å². The molecule has 0 amide bonds. The Morgan fingerprint density at radius 2 is 2.00 bits per heavy atom. The molecule has 18 heavy (non-hydrogen) atoms. The first-order valence-corrected chi connectivity index (χ1v) is 5.68. The van der Waals surface area contributed by atoms with Gasteiger partial charge in [0.25, 0.3) is 0 Å². The van der Waals surface area contributed by atoms with E-state index in [-0.39, 0.29) is 17.6 Å². The van der Waals surface area contributed by atoms with Crippen LogP contribution in [0.15, 0.2) is 42.7 Å². The minimum Gasteiger partial charge on any atom is -0.494 e. The molecule has 2 aromatic rings. The van der Waals surface area contributed by atoms with Crippen LogP contribution in [-0.2, 0) is 6.42 Å². The maximum Gasteiger partial charge on any atom is 0.165 e. The molecule has 2 rings (SSSR count). The molecule has 94 valence electrons. The maximum atomic E-state index is 13.6. The molecular weight excluding hydrogens is 231 g/mol. The third-order valence-corrected chi connectivity index (χ3v) is 2.81. The maximum absolute atomic E-state index is 13.6. The number of methoxy groups -OCH3 is 1. The van der Waals surface area contributed by atoms with Crippen molar-refractivity contribution in [1.29, 1.82) is 0 Å². The van der Waals surface area contributed by atoms with E-state index in [1.807, 2.05) is 12.1 Å². The molecule has 1 unspecified atom stereocenters. The van der Waals surface area contributed by atoms with E-state index < -0.39 is 0 Å². The molecule has 0 bridgehead atoms. The minimum atomic E-state index is -0.389. The van der Waals surface area contributed by atoms with Crippen molar-refractivity contribution in [3.8, 4) is 5.75 Å². The molecule has 0 saturated carbocycles. The topological polar surface area (TPSA) is 48.1 Å². The Balaban J connectivity index is 2.14. The number of pyridine rings is 1. The van der Waals surface area contributed by atoms with Crippen LogP contribution in [0.1, 0.15) is 17.2 Å². The summed E-state index contributed by atoms with van der Waals surface area (Å²) in [4.78, 5) is 3.94. The van der Waals surface area contributed by atoms with E-state index in [0.717, 1.165) is 11.1 Å². The lowest BCUT2D eigenvalue weighted by Gasteiger charge is -2.13. The monoisotopic (exact) mass is 246 g/mol. The summed E-state index contributed by atoms with van der Waals surface area (Å²) in [5.74, 6) is -0.157. The van der Waals surface area contributed by atoms with Gasteiger partial charge in [0.2, 0.25) is 0 Å². The normalized spacial score (nSPS) is 12.2. The first kappa shape index (κ1) is 12.5. The van der Waals surface area contributed by atoms with E-state index >= 15 is 0 Å². The van der Waals surface area contributed by atoms with E-state index in [1.54, 1.807) is 24.5 Å². The van der Waals surface area contributed by atoms with Crippen LogP contribution in [0.25, 0.3) is 0 Å². The number of nitrogens with zero attached hydrogens (tertiary/aromatic N) is 1. The number of ether oxygens (including phenoxy) is 1. The standard InChI is InChI=1S/C14H15FN2O/c1-18-14-3-2-11(9-12(14)15)13(16)8-10-4-6-17-7-5-10/h2-7,9,13H,8,16H2,1H3. The summed E-state index contributed by atoms with van der Waals surface area (Å²) < 4.78 is 18.4. The molecule has 0 saturated heterocycles. The van der Waals surface area contributed by atoms with Crippen molar-refractivity contribution in [1.82, 2.24) is 4.98 Å². The molecule has 3 nitrogen and oxygen atoms in total. The largest absolute Gasteiger partial charge is 0.494 e. The molecule has 1 atom stereocenters. The lowest BCUT2D eigenvalue weighted by atomic mass is 10.0. The molecule has 0 fully saturated rings. The summed E-state index contributed by atoms with van der Waals surface area (Å²) in [6.45, 7) is 0. The van der Waals surface area contributed by atoms with Crippen LogP contribution in [0.3, 0.4) is 0 Å². The first-order valence-electron chi connectivity index (χ1n) is 5.68. The highest BCUT2D eigenvalue weighted by molar-refractivity contribution is 5.31. The molecular formula is C14H15FN2O. The van der Waals surface area contributed by atoms with E-state index in [9.17, 15) is 4.39 Å². The van der Waals surface area contributed by atoms with Crippen molar-refractivity contribution in [2.45, 2.75) is 12.5 Å². The van der Waals surface area contributed by atoms with Gasteiger partial charge in [0, 0.05) is 18.4 Å². The summed E-state index contributed by atoms with van der Waals surface area (Å²) in [6, 6.07) is 8.36. The van der Waals surface area contributed by atoms with Gasteiger partial charge in [-0.3, -0.25) is 4.98 Å². The molecule has 1 heterocycles. The van der Waals surface area contributed by atoms with Gasteiger partial charge >= 0.3 is 0 Å². The number of benzene rings is 1. The Labute approximate surface area is 105 Å². The zero-order chi connectivity index (χ0) is 13.0. The average molecular weight is 246 g/mol. The van der Waals surface area contributed by atoms with Crippen molar-refractivity contribution in [3.05, 3.63) is 59.7 Å². The Morgan fingerprint density at radius 3 is 2.61 bits per heavy atom. The molecule has 1 aromatic heterocycles.